The molecule has 3 nitrogen and oxygen atoms in total. The van der Waals surface area contributed by atoms with Crippen LogP contribution in [0, 0.1) is 0 Å². The van der Waals surface area contributed by atoms with Gasteiger partial charge in [-0.15, -0.1) is 6.58 Å². The molecule has 1 aromatic rings. The Morgan fingerprint density at radius 3 is 2.78 bits per heavy atom. The van der Waals surface area contributed by atoms with Crippen molar-refractivity contribution in [2.75, 3.05) is 25.0 Å². The van der Waals surface area contributed by atoms with Gasteiger partial charge in [-0.1, -0.05) is 19.9 Å². The van der Waals surface area contributed by atoms with E-state index in [0.29, 0.717) is 0 Å². The minimum absolute atomic E-state index is 0.821. The first-order valence-electron chi connectivity index (χ1n) is 6.73. The van der Waals surface area contributed by atoms with Crippen molar-refractivity contribution in [3.8, 4) is 0 Å². The molecule has 0 fully saturated rings. The van der Waals surface area contributed by atoms with Crippen molar-refractivity contribution in [1.82, 2.24) is 10.3 Å². The van der Waals surface area contributed by atoms with Gasteiger partial charge in [-0.05, 0) is 37.1 Å². The Morgan fingerprint density at radius 1 is 1.39 bits per heavy atom. The molecule has 1 heterocycles. The molecule has 0 saturated carbocycles. The fourth-order valence-electron chi connectivity index (χ4n) is 1.81. The lowest BCUT2D eigenvalue weighted by Gasteiger charge is -2.18. The van der Waals surface area contributed by atoms with E-state index in [2.05, 4.69) is 47.8 Å². The maximum atomic E-state index is 4.65. The van der Waals surface area contributed by atoms with E-state index in [1.807, 2.05) is 13.1 Å². The van der Waals surface area contributed by atoms with Gasteiger partial charge in [-0.2, -0.15) is 0 Å². The molecule has 18 heavy (non-hydrogen) atoms. The van der Waals surface area contributed by atoms with Crippen molar-refractivity contribution in [3.05, 3.63) is 36.0 Å². The number of pyridine rings is 1. The number of rotatable bonds is 8. The van der Waals surface area contributed by atoms with Crippen molar-refractivity contribution < 1.29 is 0 Å². The van der Waals surface area contributed by atoms with Crippen LogP contribution in [0.4, 0.5) is 5.82 Å². The predicted octanol–water partition coefficient (Wildman–Crippen LogP) is 2.77. The van der Waals surface area contributed by atoms with Crippen molar-refractivity contribution >= 4 is 5.82 Å². The Labute approximate surface area is 111 Å². The highest BCUT2D eigenvalue weighted by Gasteiger charge is 2.05. The lowest BCUT2D eigenvalue weighted by Crippen LogP contribution is -2.20. The monoisotopic (exact) mass is 247 g/mol. The number of aromatic nitrogens is 1. The summed E-state index contributed by atoms with van der Waals surface area (Å²) in [5, 5.41) is 3.43. The molecule has 1 rings (SSSR count). The van der Waals surface area contributed by atoms with Crippen LogP contribution >= 0.6 is 0 Å². The highest BCUT2D eigenvalue weighted by molar-refractivity contribution is 5.42. The smallest absolute Gasteiger partial charge is 0.129 e. The molecule has 0 bridgehead atoms. The third-order valence-corrected chi connectivity index (χ3v) is 2.84. The number of aryl methyl sites for hydroxylation is 1. The molecule has 100 valence electrons. The number of hydrogen-bond donors (Lipinski definition) is 1. The molecule has 0 amide bonds. The van der Waals surface area contributed by atoms with Crippen LogP contribution in [0.15, 0.2) is 24.8 Å². The van der Waals surface area contributed by atoms with Gasteiger partial charge < -0.3 is 10.2 Å². The molecular weight excluding hydrogens is 222 g/mol. The van der Waals surface area contributed by atoms with Crippen LogP contribution in [0.25, 0.3) is 0 Å². The lowest BCUT2D eigenvalue weighted by atomic mass is 10.2. The van der Waals surface area contributed by atoms with Crippen LogP contribution < -0.4 is 10.2 Å². The number of nitrogens with one attached hydrogen (secondary N) is 1. The number of likely N-dealkylation sites (N-methyl/N-ethyl adjacent to an activating group) is 1. The first kappa shape index (κ1) is 14.7. The zero-order chi connectivity index (χ0) is 13.4. The van der Waals surface area contributed by atoms with Gasteiger partial charge >= 0.3 is 0 Å². The van der Waals surface area contributed by atoms with E-state index >= 15 is 0 Å². The summed E-state index contributed by atoms with van der Waals surface area (Å²) in [7, 11) is 2.05. The Bertz CT molecular complexity index is 374. The minimum atomic E-state index is 0.821. The minimum Gasteiger partial charge on any atom is -0.356 e. The van der Waals surface area contributed by atoms with E-state index in [-0.39, 0.29) is 0 Å². The zero-order valence-electron chi connectivity index (χ0n) is 11.9. The third-order valence-electron chi connectivity index (χ3n) is 2.84. The van der Waals surface area contributed by atoms with Crippen molar-refractivity contribution in [2.45, 2.75) is 33.2 Å². The van der Waals surface area contributed by atoms with Gasteiger partial charge in [0.15, 0.2) is 0 Å². The van der Waals surface area contributed by atoms with E-state index in [4.69, 9.17) is 0 Å². The third kappa shape index (κ3) is 4.49. The standard InChI is InChI=1S/C15H25N3/c1-5-8-16-12-13-10-14(7-3)17-15(11-13)18(4)9-6-2/h6,10-11,16H,2,5,7-9,12H2,1,3-4H3. The average molecular weight is 247 g/mol. The van der Waals surface area contributed by atoms with Crippen molar-refractivity contribution in [1.29, 1.82) is 0 Å². The van der Waals surface area contributed by atoms with Gasteiger partial charge in [0.25, 0.3) is 0 Å². The summed E-state index contributed by atoms with van der Waals surface area (Å²) in [5.41, 5.74) is 2.46. The second-order valence-electron chi connectivity index (χ2n) is 4.52. The average Bonchev–Trinajstić information content (AvgIpc) is 2.39. The molecule has 3 heteroatoms. The zero-order valence-corrected chi connectivity index (χ0v) is 11.9. The summed E-state index contributed by atoms with van der Waals surface area (Å²) in [6.07, 6.45) is 4.03. The van der Waals surface area contributed by atoms with Crippen molar-refractivity contribution in [2.24, 2.45) is 0 Å². The molecule has 0 atom stereocenters. The SMILES string of the molecule is C=CCN(C)c1cc(CNCCC)cc(CC)n1. The summed E-state index contributed by atoms with van der Waals surface area (Å²) in [6, 6.07) is 4.35. The molecule has 0 saturated heterocycles. The predicted molar refractivity (Wildman–Crippen MR) is 79.1 cm³/mol. The molecule has 1 aromatic heterocycles. The van der Waals surface area contributed by atoms with E-state index in [9.17, 15) is 0 Å². The highest BCUT2D eigenvalue weighted by Crippen LogP contribution is 2.14. The molecular formula is C15H25N3. The van der Waals surface area contributed by atoms with Crippen LogP contribution in [0.5, 0.6) is 0 Å². The maximum Gasteiger partial charge on any atom is 0.129 e. The Kier molecular flexibility index (Phi) is 6.44. The van der Waals surface area contributed by atoms with Crippen LogP contribution in [0.2, 0.25) is 0 Å². The van der Waals surface area contributed by atoms with Gasteiger partial charge in [0, 0.05) is 25.8 Å². The van der Waals surface area contributed by atoms with E-state index in [1.165, 1.54) is 5.56 Å². The Hall–Kier alpha value is -1.35. The van der Waals surface area contributed by atoms with Crippen molar-refractivity contribution in [3.63, 3.8) is 0 Å². The van der Waals surface area contributed by atoms with Gasteiger partial charge in [0.2, 0.25) is 0 Å². The molecule has 0 aromatic carbocycles. The fourth-order valence-corrected chi connectivity index (χ4v) is 1.81. The summed E-state index contributed by atoms with van der Waals surface area (Å²) < 4.78 is 0. The largest absolute Gasteiger partial charge is 0.356 e. The van der Waals surface area contributed by atoms with Crippen LogP contribution in [0.3, 0.4) is 0 Å². The van der Waals surface area contributed by atoms with Crippen LogP contribution in [-0.4, -0.2) is 25.1 Å². The number of anilines is 1. The molecule has 0 aliphatic carbocycles. The lowest BCUT2D eigenvalue weighted by molar-refractivity contribution is 0.674. The second kappa shape index (κ2) is 7.88. The van der Waals surface area contributed by atoms with Crippen LogP contribution in [-0.2, 0) is 13.0 Å². The van der Waals surface area contributed by atoms with Crippen LogP contribution in [0.1, 0.15) is 31.5 Å². The molecule has 0 aliphatic heterocycles. The summed E-state index contributed by atoms with van der Waals surface area (Å²) in [5.74, 6) is 1.03. The molecule has 0 unspecified atom stereocenters. The maximum absolute atomic E-state index is 4.65. The quantitative estimate of drug-likeness (QED) is 0.565. The number of nitrogens with zero attached hydrogens (tertiary/aromatic N) is 2. The Balaban J connectivity index is 2.83. The van der Waals surface area contributed by atoms with Gasteiger partial charge in [0.1, 0.15) is 5.82 Å². The van der Waals surface area contributed by atoms with Gasteiger partial charge in [-0.3, -0.25) is 0 Å². The van der Waals surface area contributed by atoms with Gasteiger partial charge in [0.05, 0.1) is 0 Å². The summed E-state index contributed by atoms with van der Waals surface area (Å²) in [4.78, 5) is 6.77. The first-order valence-corrected chi connectivity index (χ1v) is 6.73. The number of hydrogen-bond acceptors (Lipinski definition) is 3. The second-order valence-corrected chi connectivity index (χ2v) is 4.52. The van der Waals surface area contributed by atoms with E-state index in [1.54, 1.807) is 0 Å². The van der Waals surface area contributed by atoms with Gasteiger partial charge in [-0.25, -0.2) is 4.98 Å². The first-order chi connectivity index (χ1) is 8.71. The summed E-state index contributed by atoms with van der Waals surface area (Å²) >= 11 is 0. The normalized spacial score (nSPS) is 10.4. The fraction of sp³-hybridized carbons (Fsp3) is 0.533. The Morgan fingerprint density at radius 2 is 2.17 bits per heavy atom. The molecule has 0 spiro atoms. The highest BCUT2D eigenvalue weighted by atomic mass is 15.2. The van der Waals surface area contributed by atoms with E-state index < -0.39 is 0 Å². The van der Waals surface area contributed by atoms with E-state index in [0.717, 1.165) is 44.0 Å². The molecule has 1 N–H and O–H groups in total. The topological polar surface area (TPSA) is 28.2 Å². The molecule has 0 aliphatic rings. The summed E-state index contributed by atoms with van der Waals surface area (Å²) in [6.45, 7) is 10.9. The molecule has 0 radical (unpaired) electrons.